The highest BCUT2D eigenvalue weighted by Crippen LogP contribution is 2.08. The van der Waals surface area contributed by atoms with Gasteiger partial charge in [-0.15, -0.1) is 0 Å². The number of carbonyl (C=O) groups excluding carboxylic acids is 2. The maximum atomic E-state index is 11.6. The van der Waals surface area contributed by atoms with E-state index in [1.165, 1.54) is 0 Å². The van der Waals surface area contributed by atoms with E-state index in [0.29, 0.717) is 17.1 Å². The molecule has 5 nitrogen and oxygen atoms in total. The molecule has 0 saturated carbocycles. The lowest BCUT2D eigenvalue weighted by Crippen LogP contribution is -2.35. The van der Waals surface area contributed by atoms with Crippen molar-refractivity contribution in [3.63, 3.8) is 0 Å². The summed E-state index contributed by atoms with van der Waals surface area (Å²) in [6, 6.07) is 13.6. The lowest BCUT2D eigenvalue weighted by molar-refractivity contribution is 0.100. The van der Waals surface area contributed by atoms with Gasteiger partial charge in [-0.25, -0.2) is 4.79 Å². The Kier molecular flexibility index (Phi) is 6.23. The molecule has 4 N–H and O–H groups in total. The molecular formula is C18H16ClN3O2. The molecule has 3 amide bonds. The first kappa shape index (κ1) is 17.4. The third-order valence-electron chi connectivity index (χ3n) is 3.11. The van der Waals surface area contributed by atoms with Crippen LogP contribution in [0, 0.1) is 11.8 Å². The van der Waals surface area contributed by atoms with E-state index in [0.717, 1.165) is 11.1 Å². The molecule has 0 atom stereocenters. The zero-order valence-electron chi connectivity index (χ0n) is 12.8. The van der Waals surface area contributed by atoms with Crippen molar-refractivity contribution in [3.05, 3.63) is 70.2 Å². The third kappa shape index (κ3) is 5.67. The molecule has 0 unspecified atom stereocenters. The van der Waals surface area contributed by atoms with Crippen molar-refractivity contribution in [1.29, 1.82) is 0 Å². The second-order valence-corrected chi connectivity index (χ2v) is 5.34. The first-order valence-electron chi connectivity index (χ1n) is 7.19. The van der Waals surface area contributed by atoms with Crippen LogP contribution in [0.1, 0.15) is 21.5 Å². The van der Waals surface area contributed by atoms with Crippen LogP contribution in [0.2, 0.25) is 5.02 Å². The van der Waals surface area contributed by atoms with Crippen molar-refractivity contribution in [1.82, 2.24) is 10.6 Å². The van der Waals surface area contributed by atoms with Crippen LogP contribution in [0.25, 0.3) is 0 Å². The molecule has 0 aliphatic heterocycles. The summed E-state index contributed by atoms with van der Waals surface area (Å²) in [5, 5.41) is 6.02. The molecule has 0 heterocycles. The SMILES string of the molecule is NC(=O)c1ccc(C#CCNC(=O)NCc2ccc(Cl)cc2)cc1. The van der Waals surface area contributed by atoms with Gasteiger partial charge in [0.1, 0.15) is 0 Å². The van der Waals surface area contributed by atoms with Gasteiger partial charge in [0.05, 0.1) is 6.54 Å². The number of rotatable bonds is 4. The van der Waals surface area contributed by atoms with Crippen molar-refractivity contribution in [2.45, 2.75) is 6.54 Å². The topological polar surface area (TPSA) is 84.2 Å². The number of nitrogens with two attached hydrogens (primary N) is 1. The van der Waals surface area contributed by atoms with Crippen molar-refractivity contribution >= 4 is 23.5 Å². The van der Waals surface area contributed by atoms with Gasteiger partial charge >= 0.3 is 6.03 Å². The second-order valence-electron chi connectivity index (χ2n) is 4.91. The highest BCUT2D eigenvalue weighted by Gasteiger charge is 1.99. The molecular weight excluding hydrogens is 326 g/mol. The Hall–Kier alpha value is -2.97. The smallest absolute Gasteiger partial charge is 0.315 e. The van der Waals surface area contributed by atoms with Crippen molar-refractivity contribution in [2.24, 2.45) is 5.73 Å². The number of amides is 3. The van der Waals surface area contributed by atoms with Crippen molar-refractivity contribution in [3.8, 4) is 11.8 Å². The van der Waals surface area contributed by atoms with Gasteiger partial charge in [-0.2, -0.15) is 0 Å². The van der Waals surface area contributed by atoms with Gasteiger partial charge in [0.25, 0.3) is 0 Å². The molecule has 0 aliphatic rings. The number of carbonyl (C=O) groups is 2. The first-order valence-corrected chi connectivity index (χ1v) is 7.57. The van der Waals surface area contributed by atoms with Gasteiger partial charge in [-0.05, 0) is 42.0 Å². The molecule has 0 radical (unpaired) electrons. The first-order chi connectivity index (χ1) is 11.5. The molecule has 0 aliphatic carbocycles. The standard InChI is InChI=1S/C18H16ClN3O2/c19-16-9-5-14(6-10-16)12-22-18(24)21-11-1-2-13-3-7-15(8-4-13)17(20)23/h3-10H,11-12H2,(H2,20,23)(H2,21,22,24). The Morgan fingerprint density at radius 2 is 1.67 bits per heavy atom. The molecule has 0 aromatic heterocycles. The summed E-state index contributed by atoms with van der Waals surface area (Å²) < 4.78 is 0. The van der Waals surface area contributed by atoms with Crippen LogP contribution in [0.3, 0.4) is 0 Å². The van der Waals surface area contributed by atoms with Crippen molar-refractivity contribution < 1.29 is 9.59 Å². The molecule has 6 heteroatoms. The Bertz CT molecular complexity index is 775. The van der Waals surface area contributed by atoms with E-state index in [4.69, 9.17) is 17.3 Å². The Morgan fingerprint density at radius 3 is 2.29 bits per heavy atom. The highest BCUT2D eigenvalue weighted by atomic mass is 35.5. The zero-order valence-corrected chi connectivity index (χ0v) is 13.6. The van der Waals surface area contributed by atoms with E-state index in [9.17, 15) is 9.59 Å². The lowest BCUT2D eigenvalue weighted by atomic mass is 10.1. The van der Waals surface area contributed by atoms with E-state index in [-0.39, 0.29) is 12.6 Å². The number of hydrogen-bond donors (Lipinski definition) is 3. The zero-order chi connectivity index (χ0) is 17.4. The average Bonchev–Trinajstić information content (AvgIpc) is 2.58. The van der Waals surface area contributed by atoms with Crippen LogP contribution in [0.15, 0.2) is 48.5 Å². The van der Waals surface area contributed by atoms with Gasteiger partial charge in [0, 0.05) is 22.7 Å². The monoisotopic (exact) mass is 341 g/mol. The normalized spacial score (nSPS) is 9.54. The molecule has 24 heavy (non-hydrogen) atoms. The lowest BCUT2D eigenvalue weighted by Gasteiger charge is -2.05. The molecule has 2 aromatic rings. The van der Waals surface area contributed by atoms with E-state index >= 15 is 0 Å². The van der Waals surface area contributed by atoms with Gasteiger partial charge in [-0.3, -0.25) is 4.79 Å². The maximum Gasteiger partial charge on any atom is 0.315 e. The number of halogens is 1. The van der Waals surface area contributed by atoms with Crippen LogP contribution in [-0.4, -0.2) is 18.5 Å². The largest absolute Gasteiger partial charge is 0.366 e. The van der Waals surface area contributed by atoms with Crippen LogP contribution in [0.5, 0.6) is 0 Å². The Balaban J connectivity index is 1.74. The fraction of sp³-hybridized carbons (Fsp3) is 0.111. The minimum Gasteiger partial charge on any atom is -0.366 e. The predicted octanol–water partition coefficient (Wildman–Crippen LogP) is 2.29. The number of benzene rings is 2. The Morgan fingerprint density at radius 1 is 1.00 bits per heavy atom. The van der Waals surface area contributed by atoms with E-state index in [2.05, 4.69) is 22.5 Å². The number of primary amides is 1. The molecule has 0 spiro atoms. The van der Waals surface area contributed by atoms with E-state index in [1.807, 2.05) is 12.1 Å². The average molecular weight is 342 g/mol. The molecule has 0 fully saturated rings. The summed E-state index contributed by atoms with van der Waals surface area (Å²) in [5.74, 6) is 5.24. The quantitative estimate of drug-likeness (QED) is 0.745. The third-order valence-corrected chi connectivity index (χ3v) is 3.36. The number of urea groups is 1. The summed E-state index contributed by atoms with van der Waals surface area (Å²) in [4.78, 5) is 22.6. The molecule has 2 aromatic carbocycles. The van der Waals surface area contributed by atoms with Crippen LogP contribution < -0.4 is 16.4 Å². The number of hydrogen-bond acceptors (Lipinski definition) is 2. The minimum absolute atomic E-state index is 0.212. The Labute approximate surface area is 145 Å². The van der Waals surface area contributed by atoms with Crippen LogP contribution in [-0.2, 0) is 6.54 Å². The summed E-state index contributed by atoms with van der Waals surface area (Å²) in [5.41, 5.74) is 7.28. The predicted molar refractivity (Wildman–Crippen MR) is 93.5 cm³/mol. The van der Waals surface area contributed by atoms with E-state index < -0.39 is 5.91 Å². The highest BCUT2D eigenvalue weighted by molar-refractivity contribution is 6.30. The summed E-state index contributed by atoms with van der Waals surface area (Å²) in [7, 11) is 0. The van der Waals surface area contributed by atoms with Gasteiger partial charge < -0.3 is 16.4 Å². The summed E-state index contributed by atoms with van der Waals surface area (Å²) >= 11 is 5.80. The van der Waals surface area contributed by atoms with Gasteiger partial charge in [-0.1, -0.05) is 35.6 Å². The van der Waals surface area contributed by atoms with E-state index in [1.54, 1.807) is 36.4 Å². The van der Waals surface area contributed by atoms with Gasteiger partial charge in [0.15, 0.2) is 0 Å². The molecule has 0 bridgehead atoms. The number of nitrogens with one attached hydrogen (secondary N) is 2. The molecule has 122 valence electrons. The maximum absolute atomic E-state index is 11.6. The summed E-state index contributed by atoms with van der Waals surface area (Å²) in [6.07, 6.45) is 0. The molecule has 2 rings (SSSR count). The fourth-order valence-corrected chi connectivity index (χ4v) is 1.96. The minimum atomic E-state index is -0.478. The summed E-state index contributed by atoms with van der Waals surface area (Å²) in [6.45, 7) is 0.620. The van der Waals surface area contributed by atoms with Crippen LogP contribution >= 0.6 is 11.6 Å². The van der Waals surface area contributed by atoms with Gasteiger partial charge in [0.2, 0.25) is 5.91 Å². The molecule has 0 saturated heterocycles. The van der Waals surface area contributed by atoms with Crippen LogP contribution in [0.4, 0.5) is 4.79 Å². The fourth-order valence-electron chi connectivity index (χ4n) is 1.84. The second kappa shape index (κ2) is 8.61. The van der Waals surface area contributed by atoms with Crippen molar-refractivity contribution in [2.75, 3.05) is 6.54 Å².